The molecule has 1 heterocycles. The second-order valence-corrected chi connectivity index (χ2v) is 6.77. The third-order valence-electron chi connectivity index (χ3n) is 2.93. The van der Waals surface area contributed by atoms with Gasteiger partial charge >= 0.3 is 10.2 Å². The average molecular weight is 324 g/mol. The van der Waals surface area contributed by atoms with Crippen LogP contribution >= 0.6 is 23.2 Å². The van der Waals surface area contributed by atoms with E-state index in [9.17, 15) is 8.42 Å². The number of rotatable bonds is 3. The van der Waals surface area contributed by atoms with Gasteiger partial charge in [0.15, 0.2) is 0 Å². The van der Waals surface area contributed by atoms with E-state index in [0.717, 1.165) is 5.56 Å². The van der Waals surface area contributed by atoms with Gasteiger partial charge in [0.2, 0.25) is 0 Å². The summed E-state index contributed by atoms with van der Waals surface area (Å²) in [7, 11) is -3.62. The maximum atomic E-state index is 12.2. The number of piperazine rings is 1. The molecule has 1 aliphatic rings. The quantitative estimate of drug-likeness (QED) is 0.892. The molecule has 0 radical (unpaired) electrons. The third-order valence-corrected chi connectivity index (χ3v) is 5.24. The molecule has 0 bridgehead atoms. The highest BCUT2D eigenvalue weighted by molar-refractivity contribution is 7.90. The minimum atomic E-state index is -3.62. The molecule has 0 spiro atoms. The molecular formula is C11H15Cl2N3O2S. The van der Waals surface area contributed by atoms with Crippen molar-refractivity contribution in [3.05, 3.63) is 27.7 Å². The summed E-state index contributed by atoms with van der Waals surface area (Å²) < 4.78 is 28.3. The van der Waals surface area contributed by atoms with Crippen molar-refractivity contribution in [2.45, 2.75) is 6.92 Å². The zero-order valence-corrected chi connectivity index (χ0v) is 12.7. The number of nitrogens with zero attached hydrogens (tertiary/aromatic N) is 1. The summed E-state index contributed by atoms with van der Waals surface area (Å²) in [5.74, 6) is 0. The number of benzene rings is 1. The molecule has 0 aliphatic carbocycles. The van der Waals surface area contributed by atoms with Crippen LogP contribution < -0.4 is 10.0 Å². The summed E-state index contributed by atoms with van der Waals surface area (Å²) in [6.07, 6.45) is 0. The van der Waals surface area contributed by atoms with Crippen molar-refractivity contribution in [1.82, 2.24) is 9.62 Å². The fraction of sp³-hybridized carbons (Fsp3) is 0.455. The monoisotopic (exact) mass is 323 g/mol. The number of nitrogens with one attached hydrogen (secondary N) is 2. The van der Waals surface area contributed by atoms with Gasteiger partial charge in [-0.2, -0.15) is 12.7 Å². The number of hydrogen-bond donors (Lipinski definition) is 2. The van der Waals surface area contributed by atoms with Gasteiger partial charge in [0.1, 0.15) is 0 Å². The molecule has 8 heteroatoms. The highest BCUT2D eigenvalue weighted by Gasteiger charge is 2.25. The van der Waals surface area contributed by atoms with E-state index in [2.05, 4.69) is 10.0 Å². The lowest BCUT2D eigenvalue weighted by molar-refractivity contribution is 0.362. The molecule has 1 aromatic carbocycles. The number of aryl methyl sites for hydroxylation is 1. The van der Waals surface area contributed by atoms with Crippen LogP contribution in [0.25, 0.3) is 0 Å². The number of halogens is 2. The SMILES string of the molecule is Cc1ccc(Cl)c(NS(=O)(=O)N2CCNCC2)c1Cl. The summed E-state index contributed by atoms with van der Waals surface area (Å²) in [5.41, 5.74) is 1.01. The van der Waals surface area contributed by atoms with Crippen molar-refractivity contribution < 1.29 is 8.42 Å². The summed E-state index contributed by atoms with van der Waals surface area (Å²) >= 11 is 12.1. The van der Waals surface area contributed by atoms with Gasteiger partial charge in [-0.1, -0.05) is 29.3 Å². The van der Waals surface area contributed by atoms with E-state index >= 15 is 0 Å². The Hall–Kier alpha value is -0.530. The first kappa shape index (κ1) is 14.9. The van der Waals surface area contributed by atoms with Gasteiger partial charge in [-0.05, 0) is 18.6 Å². The Morgan fingerprint density at radius 1 is 1.26 bits per heavy atom. The zero-order chi connectivity index (χ0) is 14.0. The van der Waals surface area contributed by atoms with E-state index in [4.69, 9.17) is 23.2 Å². The van der Waals surface area contributed by atoms with E-state index in [-0.39, 0.29) is 10.7 Å². The third kappa shape index (κ3) is 3.32. The largest absolute Gasteiger partial charge is 0.314 e. The van der Waals surface area contributed by atoms with Crippen LogP contribution in [0.5, 0.6) is 0 Å². The van der Waals surface area contributed by atoms with Crippen LogP contribution in [-0.2, 0) is 10.2 Å². The lowest BCUT2D eigenvalue weighted by atomic mass is 10.2. The van der Waals surface area contributed by atoms with Crippen molar-refractivity contribution in [2.24, 2.45) is 0 Å². The first-order valence-corrected chi connectivity index (χ1v) is 8.04. The van der Waals surface area contributed by atoms with Crippen molar-refractivity contribution in [2.75, 3.05) is 30.9 Å². The summed E-state index contributed by atoms with van der Waals surface area (Å²) in [6, 6.07) is 3.37. The molecule has 0 unspecified atom stereocenters. The van der Waals surface area contributed by atoms with Crippen LogP contribution in [0.1, 0.15) is 5.56 Å². The van der Waals surface area contributed by atoms with E-state index in [1.807, 2.05) is 0 Å². The highest BCUT2D eigenvalue weighted by Crippen LogP contribution is 2.33. The number of anilines is 1. The van der Waals surface area contributed by atoms with Gasteiger partial charge in [0, 0.05) is 26.2 Å². The van der Waals surface area contributed by atoms with Crippen molar-refractivity contribution in [3.8, 4) is 0 Å². The molecule has 1 aliphatic heterocycles. The van der Waals surface area contributed by atoms with Crippen LogP contribution in [0.2, 0.25) is 10.0 Å². The van der Waals surface area contributed by atoms with Gasteiger partial charge in [-0.3, -0.25) is 4.72 Å². The van der Waals surface area contributed by atoms with E-state index in [0.29, 0.717) is 31.2 Å². The molecule has 0 saturated carbocycles. The first-order valence-electron chi connectivity index (χ1n) is 5.85. The maximum Gasteiger partial charge on any atom is 0.301 e. The van der Waals surface area contributed by atoms with Gasteiger partial charge in [-0.25, -0.2) is 0 Å². The van der Waals surface area contributed by atoms with Crippen molar-refractivity contribution >= 4 is 39.1 Å². The van der Waals surface area contributed by atoms with Crippen LogP contribution in [0.4, 0.5) is 5.69 Å². The second kappa shape index (κ2) is 5.85. The summed E-state index contributed by atoms with van der Waals surface area (Å²) in [4.78, 5) is 0. The van der Waals surface area contributed by atoms with Crippen molar-refractivity contribution in [1.29, 1.82) is 0 Å². The Bertz CT molecular complexity index is 572. The molecule has 1 saturated heterocycles. The fourth-order valence-corrected chi connectivity index (χ4v) is 3.67. The predicted octanol–water partition coefficient (Wildman–Crippen LogP) is 1.86. The standard InChI is InChI=1S/C11H15Cl2N3O2S/c1-8-2-3-9(12)11(10(8)13)15-19(17,18)16-6-4-14-5-7-16/h2-3,14-15H,4-7H2,1H3. The van der Waals surface area contributed by atoms with E-state index in [1.54, 1.807) is 19.1 Å². The Morgan fingerprint density at radius 3 is 2.53 bits per heavy atom. The van der Waals surface area contributed by atoms with Gasteiger partial charge in [0.25, 0.3) is 0 Å². The molecule has 2 N–H and O–H groups in total. The van der Waals surface area contributed by atoms with Crippen LogP contribution in [0.15, 0.2) is 12.1 Å². The maximum absolute atomic E-state index is 12.2. The molecule has 1 aromatic rings. The van der Waals surface area contributed by atoms with Crippen LogP contribution in [0.3, 0.4) is 0 Å². The molecule has 106 valence electrons. The predicted molar refractivity (Wildman–Crippen MR) is 78.2 cm³/mol. The Kier molecular flexibility index (Phi) is 4.58. The van der Waals surface area contributed by atoms with E-state index in [1.165, 1.54) is 4.31 Å². The normalized spacial score (nSPS) is 17.4. The van der Waals surface area contributed by atoms with Gasteiger partial charge in [0.05, 0.1) is 15.7 Å². The minimum Gasteiger partial charge on any atom is -0.314 e. The molecule has 0 atom stereocenters. The number of hydrogen-bond acceptors (Lipinski definition) is 3. The Morgan fingerprint density at radius 2 is 1.89 bits per heavy atom. The lowest BCUT2D eigenvalue weighted by Gasteiger charge is -2.27. The second-order valence-electron chi connectivity index (χ2n) is 4.31. The molecule has 2 rings (SSSR count). The van der Waals surface area contributed by atoms with Gasteiger partial charge in [-0.15, -0.1) is 0 Å². The summed E-state index contributed by atoms with van der Waals surface area (Å²) in [6.45, 7) is 3.92. The molecular weight excluding hydrogens is 309 g/mol. The van der Waals surface area contributed by atoms with Crippen LogP contribution in [-0.4, -0.2) is 38.9 Å². The summed E-state index contributed by atoms with van der Waals surface area (Å²) in [5, 5.41) is 3.71. The topological polar surface area (TPSA) is 61.4 Å². The highest BCUT2D eigenvalue weighted by atomic mass is 35.5. The fourth-order valence-electron chi connectivity index (χ4n) is 1.83. The van der Waals surface area contributed by atoms with Crippen molar-refractivity contribution in [3.63, 3.8) is 0 Å². The minimum absolute atomic E-state index is 0.238. The molecule has 19 heavy (non-hydrogen) atoms. The van der Waals surface area contributed by atoms with Gasteiger partial charge < -0.3 is 5.32 Å². The Balaban J connectivity index is 2.27. The Labute approximate surface area is 123 Å². The molecule has 0 aromatic heterocycles. The van der Waals surface area contributed by atoms with E-state index < -0.39 is 10.2 Å². The molecule has 1 fully saturated rings. The average Bonchev–Trinajstić information content (AvgIpc) is 2.40. The molecule has 0 amide bonds. The molecule has 5 nitrogen and oxygen atoms in total. The lowest BCUT2D eigenvalue weighted by Crippen LogP contribution is -2.48. The first-order chi connectivity index (χ1) is 8.92. The zero-order valence-electron chi connectivity index (χ0n) is 10.4. The van der Waals surface area contributed by atoms with Crippen LogP contribution in [0, 0.1) is 6.92 Å². The smallest absolute Gasteiger partial charge is 0.301 e.